The molecule has 2 aromatic rings. The number of ether oxygens (including phenoxy) is 1. The molecule has 0 spiro atoms. The molecule has 2 aromatic carbocycles. The Morgan fingerprint density at radius 2 is 1.79 bits per heavy atom. The fraction of sp³-hybridized carbons (Fsp3) is 0.263. The van der Waals surface area contributed by atoms with Crippen molar-refractivity contribution >= 4 is 35.0 Å². The van der Waals surface area contributed by atoms with Crippen LogP contribution in [0.5, 0.6) is 0 Å². The van der Waals surface area contributed by atoms with E-state index in [0.717, 1.165) is 4.90 Å². The Balaban J connectivity index is 1.61. The van der Waals surface area contributed by atoms with Gasteiger partial charge in [-0.05, 0) is 24.3 Å². The van der Waals surface area contributed by atoms with Crippen LogP contribution in [-0.2, 0) is 9.53 Å². The second-order valence-electron chi connectivity index (χ2n) is 6.04. The largest absolute Gasteiger partial charge is 0.378 e. The van der Waals surface area contributed by atoms with Gasteiger partial charge in [-0.3, -0.25) is 19.7 Å². The van der Waals surface area contributed by atoms with Crippen LogP contribution < -0.4 is 5.32 Å². The Hall–Kier alpha value is -2.91. The number of para-hydroxylation sites is 1. The van der Waals surface area contributed by atoms with E-state index in [1.165, 1.54) is 23.9 Å². The number of non-ortho nitro benzene ring substituents is 1. The summed E-state index contributed by atoms with van der Waals surface area (Å²) in [5.41, 5.74) is 0.913. The number of amides is 2. The monoisotopic (exact) mass is 401 g/mol. The molecule has 0 unspecified atom stereocenters. The van der Waals surface area contributed by atoms with Gasteiger partial charge < -0.3 is 15.0 Å². The number of carbonyl (C=O) groups is 2. The first-order chi connectivity index (χ1) is 13.5. The number of rotatable bonds is 6. The first kappa shape index (κ1) is 19.8. The number of thioether (sulfide) groups is 1. The van der Waals surface area contributed by atoms with Crippen LogP contribution >= 0.6 is 11.8 Å². The minimum Gasteiger partial charge on any atom is -0.378 e. The first-order valence-corrected chi connectivity index (χ1v) is 9.66. The highest BCUT2D eigenvalue weighted by Crippen LogP contribution is 2.23. The van der Waals surface area contributed by atoms with Gasteiger partial charge in [-0.25, -0.2) is 0 Å². The van der Waals surface area contributed by atoms with Crippen molar-refractivity contribution in [2.24, 2.45) is 0 Å². The zero-order valence-corrected chi connectivity index (χ0v) is 15.8. The number of nitrogens with zero attached hydrogens (tertiary/aromatic N) is 2. The number of nitrogens with one attached hydrogen (secondary N) is 1. The highest BCUT2D eigenvalue weighted by Gasteiger charge is 2.21. The van der Waals surface area contributed by atoms with E-state index in [-0.39, 0.29) is 23.3 Å². The first-order valence-electron chi connectivity index (χ1n) is 8.68. The molecule has 0 bridgehead atoms. The SMILES string of the molecule is O=C(CSc1ccc([N+](=O)[O-])cc1)Nc1ccccc1C(=O)N1CCOCC1. The molecule has 3 rings (SSSR count). The van der Waals surface area contributed by atoms with Gasteiger partial charge in [-0.15, -0.1) is 11.8 Å². The highest BCUT2D eigenvalue weighted by atomic mass is 32.2. The lowest BCUT2D eigenvalue weighted by Gasteiger charge is -2.27. The Kier molecular flexibility index (Phi) is 6.62. The van der Waals surface area contributed by atoms with Gasteiger partial charge in [0.05, 0.1) is 35.1 Å². The summed E-state index contributed by atoms with van der Waals surface area (Å²) in [7, 11) is 0. The maximum atomic E-state index is 12.7. The van der Waals surface area contributed by atoms with Gasteiger partial charge >= 0.3 is 0 Å². The number of anilines is 1. The summed E-state index contributed by atoms with van der Waals surface area (Å²) in [5.74, 6) is -0.273. The maximum Gasteiger partial charge on any atom is 0.269 e. The molecule has 1 aliphatic heterocycles. The van der Waals surface area contributed by atoms with Crippen LogP contribution in [0.2, 0.25) is 0 Å². The van der Waals surface area contributed by atoms with E-state index in [1.54, 1.807) is 41.3 Å². The fourth-order valence-corrected chi connectivity index (χ4v) is 3.41. The Morgan fingerprint density at radius 1 is 1.11 bits per heavy atom. The predicted molar refractivity (Wildman–Crippen MR) is 106 cm³/mol. The molecule has 9 heteroatoms. The third-order valence-corrected chi connectivity index (χ3v) is 5.16. The van der Waals surface area contributed by atoms with Crippen LogP contribution in [0.15, 0.2) is 53.4 Å². The number of carbonyl (C=O) groups excluding carboxylic acids is 2. The second-order valence-corrected chi connectivity index (χ2v) is 7.09. The zero-order chi connectivity index (χ0) is 19.9. The molecule has 0 atom stereocenters. The molecule has 1 saturated heterocycles. The summed E-state index contributed by atoms with van der Waals surface area (Å²) in [6, 6.07) is 12.9. The highest BCUT2D eigenvalue weighted by molar-refractivity contribution is 8.00. The van der Waals surface area contributed by atoms with E-state index in [2.05, 4.69) is 5.32 Å². The summed E-state index contributed by atoms with van der Waals surface area (Å²) in [6.07, 6.45) is 0. The van der Waals surface area contributed by atoms with Gasteiger partial charge in [0, 0.05) is 30.1 Å². The van der Waals surface area contributed by atoms with Crippen LogP contribution in [0.3, 0.4) is 0 Å². The normalized spacial score (nSPS) is 13.8. The second kappa shape index (κ2) is 9.34. The molecule has 0 radical (unpaired) electrons. The summed E-state index contributed by atoms with van der Waals surface area (Å²) >= 11 is 1.26. The smallest absolute Gasteiger partial charge is 0.269 e. The van der Waals surface area contributed by atoms with Crippen molar-refractivity contribution in [1.29, 1.82) is 0 Å². The number of morpholine rings is 1. The molecule has 0 saturated carbocycles. The van der Waals surface area contributed by atoms with E-state index < -0.39 is 4.92 Å². The van der Waals surface area contributed by atoms with Crippen LogP contribution in [0.25, 0.3) is 0 Å². The van der Waals surface area contributed by atoms with Gasteiger partial charge in [-0.2, -0.15) is 0 Å². The average Bonchev–Trinajstić information content (AvgIpc) is 2.73. The van der Waals surface area contributed by atoms with E-state index in [1.807, 2.05) is 0 Å². The Bertz CT molecular complexity index is 866. The van der Waals surface area contributed by atoms with Gasteiger partial charge in [-0.1, -0.05) is 12.1 Å². The molecule has 2 amide bonds. The van der Waals surface area contributed by atoms with Crippen molar-refractivity contribution in [3.8, 4) is 0 Å². The van der Waals surface area contributed by atoms with Crippen molar-refractivity contribution in [3.63, 3.8) is 0 Å². The van der Waals surface area contributed by atoms with Crippen molar-refractivity contribution in [3.05, 3.63) is 64.2 Å². The van der Waals surface area contributed by atoms with Crippen molar-refractivity contribution in [2.75, 3.05) is 37.4 Å². The maximum absolute atomic E-state index is 12.7. The molecule has 8 nitrogen and oxygen atoms in total. The third kappa shape index (κ3) is 5.08. The summed E-state index contributed by atoms with van der Waals surface area (Å²) in [4.78, 5) is 37.7. The topological polar surface area (TPSA) is 102 Å². The van der Waals surface area contributed by atoms with Crippen molar-refractivity contribution in [1.82, 2.24) is 4.90 Å². The molecule has 0 aromatic heterocycles. The fourth-order valence-electron chi connectivity index (χ4n) is 2.71. The molecule has 1 heterocycles. The summed E-state index contributed by atoms with van der Waals surface area (Å²) < 4.78 is 5.27. The number of hydrogen-bond donors (Lipinski definition) is 1. The van der Waals surface area contributed by atoms with Crippen molar-refractivity contribution < 1.29 is 19.2 Å². The number of nitro groups is 1. The minimum absolute atomic E-state index is 0.00403. The van der Waals surface area contributed by atoms with E-state index in [0.29, 0.717) is 37.6 Å². The van der Waals surface area contributed by atoms with Gasteiger partial charge in [0.25, 0.3) is 11.6 Å². The molecule has 1 N–H and O–H groups in total. The molecular formula is C19H19N3O5S. The minimum atomic E-state index is -0.469. The van der Waals surface area contributed by atoms with Crippen molar-refractivity contribution in [2.45, 2.75) is 4.90 Å². The molecular weight excluding hydrogens is 382 g/mol. The third-order valence-electron chi connectivity index (χ3n) is 4.15. The quantitative estimate of drug-likeness (QED) is 0.454. The standard InChI is InChI=1S/C19H19N3O5S/c23-18(13-28-15-7-5-14(6-8-15)22(25)26)20-17-4-2-1-3-16(17)19(24)21-9-11-27-12-10-21/h1-8H,9-13H2,(H,20,23). The Morgan fingerprint density at radius 3 is 2.46 bits per heavy atom. The molecule has 146 valence electrons. The van der Waals surface area contributed by atoms with Crippen LogP contribution in [0.1, 0.15) is 10.4 Å². The lowest BCUT2D eigenvalue weighted by Crippen LogP contribution is -2.41. The zero-order valence-electron chi connectivity index (χ0n) is 15.0. The summed E-state index contributed by atoms with van der Waals surface area (Å²) in [5, 5.41) is 13.5. The van der Waals surface area contributed by atoms with Gasteiger partial charge in [0.1, 0.15) is 0 Å². The number of benzene rings is 2. The van der Waals surface area contributed by atoms with Gasteiger partial charge in [0.2, 0.25) is 5.91 Å². The number of hydrogen-bond acceptors (Lipinski definition) is 6. The molecule has 1 aliphatic rings. The van der Waals surface area contributed by atoms with Crippen LogP contribution in [-0.4, -0.2) is 53.7 Å². The average molecular weight is 401 g/mol. The lowest BCUT2D eigenvalue weighted by atomic mass is 10.1. The van der Waals surface area contributed by atoms with E-state index in [4.69, 9.17) is 4.74 Å². The van der Waals surface area contributed by atoms with Crippen LogP contribution in [0.4, 0.5) is 11.4 Å². The molecule has 1 fully saturated rings. The lowest BCUT2D eigenvalue weighted by molar-refractivity contribution is -0.384. The molecule has 28 heavy (non-hydrogen) atoms. The Labute approximate surface area is 166 Å². The predicted octanol–water partition coefficient (Wildman–Crippen LogP) is 2.80. The van der Waals surface area contributed by atoms with Gasteiger partial charge in [0.15, 0.2) is 0 Å². The number of nitro benzene ring substituents is 1. The van der Waals surface area contributed by atoms with E-state index in [9.17, 15) is 19.7 Å². The molecule has 0 aliphatic carbocycles. The summed E-state index contributed by atoms with van der Waals surface area (Å²) in [6.45, 7) is 2.06. The van der Waals surface area contributed by atoms with E-state index >= 15 is 0 Å². The van der Waals surface area contributed by atoms with Crippen LogP contribution in [0, 0.1) is 10.1 Å².